The van der Waals surface area contributed by atoms with Crippen LogP contribution in [0.2, 0.25) is 0 Å². The zero-order valence-corrected chi connectivity index (χ0v) is 6.95. The zero-order chi connectivity index (χ0) is 7.40. The summed E-state index contributed by atoms with van der Waals surface area (Å²) < 4.78 is 0. The third-order valence-electron chi connectivity index (χ3n) is 1.20. The fraction of sp³-hybridized carbons (Fsp3) is 0.143. The Hall–Kier alpha value is -0.340. The molecule has 1 rings (SSSR count). The third kappa shape index (κ3) is 2.12. The van der Waals surface area contributed by atoms with Crippen LogP contribution in [0.25, 0.3) is 0 Å². The quantitative estimate of drug-likeness (QED) is 0.696. The number of rotatable bonds is 2. The molecule has 0 spiro atoms. The fourth-order valence-electron chi connectivity index (χ4n) is 0.677. The molecule has 0 unspecified atom stereocenters. The fourth-order valence-corrected chi connectivity index (χ4v) is 1.37. The molecule has 2 N–H and O–H groups in total. The summed E-state index contributed by atoms with van der Waals surface area (Å²) in [6.45, 7) is 0. The van der Waals surface area contributed by atoms with Crippen molar-refractivity contribution in [1.29, 1.82) is 0 Å². The normalized spacial score (nSPS) is 9.70. The van der Waals surface area contributed by atoms with Gasteiger partial charge in [0.05, 0.1) is 0 Å². The Kier molecular flexibility index (Phi) is 2.90. The lowest BCUT2D eigenvalue weighted by atomic mass is 10.2. The Morgan fingerprint density at radius 3 is 2.40 bits per heavy atom. The third-order valence-corrected chi connectivity index (χ3v) is 1.97. The van der Waals surface area contributed by atoms with Crippen molar-refractivity contribution in [3.05, 3.63) is 29.8 Å². The highest BCUT2D eigenvalue weighted by Gasteiger charge is 1.89. The molecule has 0 aromatic heterocycles. The lowest BCUT2D eigenvalue weighted by Crippen LogP contribution is -1.84. The van der Waals surface area contributed by atoms with Gasteiger partial charge in [0, 0.05) is 11.4 Å². The van der Waals surface area contributed by atoms with Crippen molar-refractivity contribution in [3.63, 3.8) is 0 Å². The van der Waals surface area contributed by atoms with Gasteiger partial charge in [0.15, 0.2) is 0 Å². The summed E-state index contributed by atoms with van der Waals surface area (Å²) in [5.41, 5.74) is 7.48. The van der Waals surface area contributed by atoms with E-state index in [1.807, 2.05) is 24.3 Å². The molecule has 0 radical (unpaired) electrons. The van der Waals surface area contributed by atoms with E-state index in [-0.39, 0.29) is 0 Å². The molecule has 0 bridgehead atoms. The van der Waals surface area contributed by atoms with Gasteiger partial charge in [0.2, 0.25) is 0 Å². The monoisotopic (exact) mass is 173 g/mol. The van der Waals surface area contributed by atoms with Crippen LogP contribution in [0.3, 0.4) is 0 Å². The minimum absolute atomic E-state index is 0.795. The van der Waals surface area contributed by atoms with Crippen molar-refractivity contribution in [1.82, 2.24) is 0 Å². The number of hydrogen-bond donors (Lipinski definition) is 1. The first kappa shape index (κ1) is 7.76. The summed E-state index contributed by atoms with van der Waals surface area (Å²) in [7, 11) is 6.75. The van der Waals surface area contributed by atoms with Gasteiger partial charge in [-0.1, -0.05) is 23.1 Å². The Balaban J connectivity index is 2.69. The van der Waals surface area contributed by atoms with Crippen LogP contribution >= 0.6 is 21.7 Å². The predicted octanol–water partition coefficient (Wildman–Crippen LogP) is 2.66. The largest absolute Gasteiger partial charge is 0.399 e. The number of halogens is 1. The number of anilines is 1. The van der Waals surface area contributed by atoms with Crippen LogP contribution in [-0.4, -0.2) is 0 Å². The summed E-state index contributed by atoms with van der Waals surface area (Å²) in [5.74, 6) is 0.835. The van der Waals surface area contributed by atoms with Crippen molar-refractivity contribution >= 4 is 27.3 Å². The lowest BCUT2D eigenvalue weighted by molar-refractivity contribution is 1.43. The molecule has 54 valence electrons. The first-order chi connectivity index (χ1) is 4.83. The van der Waals surface area contributed by atoms with E-state index < -0.39 is 0 Å². The Bertz CT molecular complexity index is 197. The summed E-state index contributed by atoms with van der Waals surface area (Å²) in [5, 5.41) is 0. The van der Waals surface area contributed by atoms with E-state index >= 15 is 0 Å². The van der Waals surface area contributed by atoms with Crippen LogP contribution in [0.5, 0.6) is 0 Å². The highest BCUT2D eigenvalue weighted by Crippen LogP contribution is 2.16. The lowest BCUT2D eigenvalue weighted by Gasteiger charge is -1.95. The van der Waals surface area contributed by atoms with Gasteiger partial charge in [0.25, 0.3) is 0 Å². The molecular weight excluding hydrogens is 166 g/mol. The summed E-state index contributed by atoms with van der Waals surface area (Å²) in [6, 6.07) is 7.71. The average Bonchev–Trinajstić information content (AvgIpc) is 1.95. The van der Waals surface area contributed by atoms with Crippen LogP contribution < -0.4 is 5.73 Å². The molecule has 0 saturated carbocycles. The second-order valence-corrected chi connectivity index (χ2v) is 3.16. The predicted molar refractivity (Wildman–Crippen MR) is 48.0 cm³/mol. The van der Waals surface area contributed by atoms with Crippen LogP contribution in [-0.2, 0) is 5.75 Å². The van der Waals surface area contributed by atoms with E-state index in [0.29, 0.717) is 0 Å². The standard InChI is InChI=1S/C7H8ClNS/c8-10-5-6-1-3-7(9)4-2-6/h1-4H,5,9H2. The van der Waals surface area contributed by atoms with Gasteiger partial charge >= 0.3 is 0 Å². The number of nitrogens with two attached hydrogens (primary N) is 1. The van der Waals surface area contributed by atoms with Crippen molar-refractivity contribution in [2.24, 2.45) is 0 Å². The van der Waals surface area contributed by atoms with Gasteiger partial charge in [-0.3, -0.25) is 0 Å². The molecule has 0 aliphatic carbocycles. The number of benzene rings is 1. The van der Waals surface area contributed by atoms with E-state index in [0.717, 1.165) is 11.4 Å². The molecule has 1 aromatic rings. The van der Waals surface area contributed by atoms with Gasteiger partial charge in [-0.05, 0) is 28.4 Å². The molecule has 0 aliphatic heterocycles. The van der Waals surface area contributed by atoms with E-state index in [2.05, 4.69) is 0 Å². The van der Waals surface area contributed by atoms with Crippen molar-refractivity contribution < 1.29 is 0 Å². The van der Waals surface area contributed by atoms with Crippen LogP contribution in [0, 0.1) is 0 Å². The maximum Gasteiger partial charge on any atom is 0.0337 e. The van der Waals surface area contributed by atoms with E-state index in [1.165, 1.54) is 16.5 Å². The number of hydrogen-bond acceptors (Lipinski definition) is 2. The summed E-state index contributed by atoms with van der Waals surface area (Å²) in [6.07, 6.45) is 0. The molecule has 0 saturated heterocycles. The molecule has 0 amide bonds. The van der Waals surface area contributed by atoms with Crippen LogP contribution in [0.15, 0.2) is 24.3 Å². The molecule has 0 fully saturated rings. The maximum atomic E-state index is 5.48. The summed E-state index contributed by atoms with van der Waals surface area (Å²) >= 11 is 0. The minimum atomic E-state index is 0.795. The van der Waals surface area contributed by atoms with E-state index in [1.54, 1.807) is 0 Å². The van der Waals surface area contributed by atoms with Crippen molar-refractivity contribution in [2.75, 3.05) is 5.73 Å². The van der Waals surface area contributed by atoms with E-state index in [4.69, 9.17) is 16.4 Å². The SMILES string of the molecule is Nc1ccc(CSCl)cc1. The maximum absolute atomic E-state index is 5.48. The Morgan fingerprint density at radius 1 is 1.30 bits per heavy atom. The topological polar surface area (TPSA) is 26.0 Å². The highest BCUT2D eigenvalue weighted by atomic mass is 35.7. The van der Waals surface area contributed by atoms with Crippen LogP contribution in [0.1, 0.15) is 5.56 Å². The molecule has 0 heterocycles. The van der Waals surface area contributed by atoms with Gasteiger partial charge in [-0.2, -0.15) is 0 Å². The highest BCUT2D eigenvalue weighted by molar-refractivity contribution is 8.20. The smallest absolute Gasteiger partial charge is 0.0337 e. The van der Waals surface area contributed by atoms with Gasteiger partial charge < -0.3 is 5.73 Å². The average molecular weight is 174 g/mol. The first-order valence-corrected chi connectivity index (χ1v) is 4.72. The second kappa shape index (κ2) is 3.74. The summed E-state index contributed by atoms with van der Waals surface area (Å²) in [4.78, 5) is 0. The van der Waals surface area contributed by atoms with Crippen LogP contribution in [0.4, 0.5) is 5.69 Å². The first-order valence-electron chi connectivity index (χ1n) is 2.91. The van der Waals surface area contributed by atoms with Gasteiger partial charge in [0.1, 0.15) is 0 Å². The van der Waals surface area contributed by atoms with E-state index in [9.17, 15) is 0 Å². The molecule has 0 atom stereocenters. The molecule has 1 nitrogen and oxygen atoms in total. The van der Waals surface area contributed by atoms with Crippen molar-refractivity contribution in [3.8, 4) is 0 Å². The Labute approximate surface area is 69.1 Å². The minimum Gasteiger partial charge on any atom is -0.399 e. The van der Waals surface area contributed by atoms with Crippen molar-refractivity contribution in [2.45, 2.75) is 5.75 Å². The zero-order valence-electron chi connectivity index (χ0n) is 5.38. The molecule has 10 heavy (non-hydrogen) atoms. The molecule has 1 aromatic carbocycles. The number of nitrogen functional groups attached to an aromatic ring is 1. The molecule has 0 aliphatic rings. The molecular formula is C7H8ClNS. The van der Waals surface area contributed by atoms with Gasteiger partial charge in [-0.25, -0.2) is 0 Å². The molecule has 3 heteroatoms. The second-order valence-electron chi connectivity index (χ2n) is 2.00. The van der Waals surface area contributed by atoms with Gasteiger partial charge in [-0.15, -0.1) is 0 Å². The Morgan fingerprint density at radius 2 is 1.90 bits per heavy atom.